The van der Waals surface area contributed by atoms with Crippen LogP contribution in [0.1, 0.15) is 15.9 Å². The zero-order chi connectivity index (χ0) is 18.6. The van der Waals surface area contributed by atoms with Crippen LogP contribution in [0.15, 0.2) is 60.7 Å². The summed E-state index contributed by atoms with van der Waals surface area (Å²) in [5, 5.41) is 1.60. The minimum absolute atomic E-state index is 0.0846. The molecular formula is C22H19ClN2O2. The molecule has 0 bridgehead atoms. The molecule has 2 aromatic carbocycles. The fraction of sp³-hybridized carbons (Fsp3) is 0.182. The maximum absolute atomic E-state index is 12.5. The second-order valence-corrected chi connectivity index (χ2v) is 6.84. The van der Waals surface area contributed by atoms with E-state index in [0.29, 0.717) is 23.8 Å². The molecule has 4 nitrogen and oxygen atoms in total. The largest absolute Gasteiger partial charge is 0.378 e. The van der Waals surface area contributed by atoms with Gasteiger partial charge < -0.3 is 9.64 Å². The molecule has 0 atom stereocenters. The number of morpholine rings is 1. The highest BCUT2D eigenvalue weighted by molar-refractivity contribution is 6.31. The third-order valence-corrected chi connectivity index (χ3v) is 4.80. The number of hydrogen-bond acceptors (Lipinski definition) is 4. The Kier molecular flexibility index (Phi) is 5.19. The molecule has 0 saturated carbocycles. The Hall–Kier alpha value is -2.69. The molecule has 5 heteroatoms. The fourth-order valence-corrected chi connectivity index (χ4v) is 3.37. The lowest BCUT2D eigenvalue weighted by Crippen LogP contribution is -2.37. The van der Waals surface area contributed by atoms with Gasteiger partial charge in [0.25, 0.3) is 0 Å². The van der Waals surface area contributed by atoms with Gasteiger partial charge in [-0.3, -0.25) is 4.79 Å². The third-order valence-electron chi connectivity index (χ3n) is 4.57. The maximum Gasteiger partial charge on any atom is 0.185 e. The SMILES string of the molecule is O=C(/C=C/c1cc2ccccc2nc1N1CCOCC1)c1cccc(Cl)c1. The molecule has 0 unspecified atom stereocenters. The van der Waals surface area contributed by atoms with E-state index in [2.05, 4.69) is 11.0 Å². The van der Waals surface area contributed by atoms with Crippen LogP contribution in [0.2, 0.25) is 5.02 Å². The Morgan fingerprint density at radius 1 is 1.07 bits per heavy atom. The summed E-state index contributed by atoms with van der Waals surface area (Å²) in [6.45, 7) is 2.93. The van der Waals surface area contributed by atoms with Gasteiger partial charge >= 0.3 is 0 Å². The molecule has 1 aliphatic heterocycles. The number of pyridine rings is 1. The minimum Gasteiger partial charge on any atom is -0.378 e. The number of allylic oxidation sites excluding steroid dienone is 1. The Balaban J connectivity index is 1.71. The number of fused-ring (bicyclic) bond motifs is 1. The highest BCUT2D eigenvalue weighted by Gasteiger charge is 2.16. The summed E-state index contributed by atoms with van der Waals surface area (Å²) in [5.41, 5.74) is 2.43. The number of hydrogen-bond donors (Lipinski definition) is 0. The molecule has 0 N–H and O–H groups in total. The van der Waals surface area contributed by atoms with Crippen molar-refractivity contribution in [2.45, 2.75) is 0 Å². The van der Waals surface area contributed by atoms with Gasteiger partial charge in [-0.2, -0.15) is 0 Å². The van der Waals surface area contributed by atoms with Crippen LogP contribution >= 0.6 is 11.6 Å². The normalized spacial score (nSPS) is 14.8. The number of rotatable bonds is 4. The molecule has 2 heterocycles. The number of ether oxygens (including phenoxy) is 1. The number of para-hydroxylation sites is 1. The van der Waals surface area contributed by atoms with Crippen molar-refractivity contribution >= 4 is 40.2 Å². The van der Waals surface area contributed by atoms with E-state index in [-0.39, 0.29) is 5.78 Å². The summed E-state index contributed by atoms with van der Waals surface area (Å²) in [6, 6.07) is 17.1. The summed E-state index contributed by atoms with van der Waals surface area (Å²) in [5.74, 6) is 0.797. The van der Waals surface area contributed by atoms with E-state index in [9.17, 15) is 4.79 Å². The van der Waals surface area contributed by atoms with Gasteiger partial charge in [-0.15, -0.1) is 0 Å². The predicted molar refractivity (Wildman–Crippen MR) is 110 cm³/mol. The molecule has 0 spiro atoms. The van der Waals surface area contributed by atoms with Crippen molar-refractivity contribution in [2.24, 2.45) is 0 Å². The Morgan fingerprint density at radius 2 is 1.89 bits per heavy atom. The summed E-state index contributed by atoms with van der Waals surface area (Å²) in [6.07, 6.45) is 3.43. The number of benzene rings is 2. The zero-order valence-electron chi connectivity index (χ0n) is 14.8. The standard InChI is InChI=1S/C22H19ClN2O2/c23-19-6-3-5-17(15-19)21(26)9-8-18-14-16-4-1-2-7-20(16)24-22(18)25-10-12-27-13-11-25/h1-9,14-15H,10-13H2/b9-8+. The first-order valence-corrected chi connectivity index (χ1v) is 9.29. The number of carbonyl (C=O) groups excluding carboxylic acids is 1. The smallest absolute Gasteiger partial charge is 0.185 e. The van der Waals surface area contributed by atoms with Crippen molar-refractivity contribution in [1.82, 2.24) is 4.98 Å². The number of aromatic nitrogens is 1. The molecule has 3 aromatic rings. The molecule has 0 radical (unpaired) electrons. The summed E-state index contributed by atoms with van der Waals surface area (Å²) < 4.78 is 5.46. The topological polar surface area (TPSA) is 42.4 Å². The zero-order valence-corrected chi connectivity index (χ0v) is 15.5. The molecule has 0 amide bonds. The monoisotopic (exact) mass is 378 g/mol. The van der Waals surface area contributed by atoms with E-state index in [1.165, 1.54) is 0 Å². The maximum atomic E-state index is 12.5. The van der Waals surface area contributed by atoms with Gasteiger partial charge in [0.1, 0.15) is 5.82 Å². The van der Waals surface area contributed by atoms with Gasteiger partial charge in [-0.1, -0.05) is 41.9 Å². The van der Waals surface area contributed by atoms with Crippen LogP contribution in [-0.4, -0.2) is 37.1 Å². The van der Waals surface area contributed by atoms with Crippen LogP contribution in [-0.2, 0) is 4.74 Å². The van der Waals surface area contributed by atoms with E-state index in [1.807, 2.05) is 30.3 Å². The molecular weight excluding hydrogens is 360 g/mol. The second-order valence-electron chi connectivity index (χ2n) is 6.40. The lowest BCUT2D eigenvalue weighted by Gasteiger charge is -2.29. The van der Waals surface area contributed by atoms with E-state index in [1.54, 1.807) is 30.3 Å². The van der Waals surface area contributed by atoms with Crippen LogP contribution < -0.4 is 4.90 Å². The first kappa shape index (κ1) is 17.7. The first-order valence-electron chi connectivity index (χ1n) is 8.91. The van der Waals surface area contributed by atoms with Crippen LogP contribution in [0.3, 0.4) is 0 Å². The molecule has 1 fully saturated rings. The van der Waals surface area contributed by atoms with Gasteiger partial charge in [0.15, 0.2) is 5.78 Å². The molecule has 136 valence electrons. The van der Waals surface area contributed by atoms with E-state index < -0.39 is 0 Å². The van der Waals surface area contributed by atoms with E-state index >= 15 is 0 Å². The molecule has 27 heavy (non-hydrogen) atoms. The van der Waals surface area contributed by atoms with Crippen molar-refractivity contribution in [2.75, 3.05) is 31.2 Å². The van der Waals surface area contributed by atoms with Crippen molar-refractivity contribution in [1.29, 1.82) is 0 Å². The van der Waals surface area contributed by atoms with Gasteiger partial charge in [0, 0.05) is 34.6 Å². The summed E-state index contributed by atoms with van der Waals surface area (Å²) in [4.78, 5) is 19.6. The third kappa shape index (κ3) is 4.02. The number of nitrogens with zero attached hydrogens (tertiary/aromatic N) is 2. The van der Waals surface area contributed by atoms with Crippen LogP contribution in [0.4, 0.5) is 5.82 Å². The van der Waals surface area contributed by atoms with Gasteiger partial charge in [0.2, 0.25) is 0 Å². The summed E-state index contributed by atoms with van der Waals surface area (Å²) >= 11 is 5.99. The molecule has 1 saturated heterocycles. The average Bonchev–Trinajstić information content (AvgIpc) is 2.72. The van der Waals surface area contributed by atoms with Gasteiger partial charge in [-0.05, 0) is 36.4 Å². The molecule has 1 aliphatic rings. The number of halogens is 1. The van der Waals surface area contributed by atoms with E-state index in [0.717, 1.165) is 35.4 Å². The van der Waals surface area contributed by atoms with Crippen LogP contribution in [0.5, 0.6) is 0 Å². The molecule has 1 aromatic heterocycles. The van der Waals surface area contributed by atoms with Crippen LogP contribution in [0, 0.1) is 0 Å². The molecule has 4 rings (SSSR count). The van der Waals surface area contributed by atoms with Crippen molar-refractivity contribution in [3.8, 4) is 0 Å². The quantitative estimate of drug-likeness (QED) is 0.490. The fourth-order valence-electron chi connectivity index (χ4n) is 3.18. The van der Waals surface area contributed by atoms with Crippen LogP contribution in [0.25, 0.3) is 17.0 Å². The molecule has 0 aliphatic carbocycles. The second kappa shape index (κ2) is 7.91. The first-order chi connectivity index (χ1) is 13.2. The Labute approximate surface area is 163 Å². The Morgan fingerprint density at radius 3 is 2.70 bits per heavy atom. The number of anilines is 1. The lowest BCUT2D eigenvalue weighted by molar-refractivity contribution is 0.104. The highest BCUT2D eigenvalue weighted by atomic mass is 35.5. The minimum atomic E-state index is -0.0846. The van der Waals surface area contributed by atoms with Crippen molar-refractivity contribution in [3.05, 3.63) is 76.8 Å². The number of ketones is 1. The highest BCUT2D eigenvalue weighted by Crippen LogP contribution is 2.26. The average molecular weight is 379 g/mol. The number of carbonyl (C=O) groups is 1. The van der Waals surface area contributed by atoms with Crippen molar-refractivity contribution in [3.63, 3.8) is 0 Å². The van der Waals surface area contributed by atoms with Gasteiger partial charge in [-0.25, -0.2) is 4.98 Å². The van der Waals surface area contributed by atoms with Gasteiger partial charge in [0.05, 0.1) is 18.7 Å². The van der Waals surface area contributed by atoms with E-state index in [4.69, 9.17) is 21.3 Å². The lowest BCUT2D eigenvalue weighted by atomic mass is 10.1. The summed E-state index contributed by atoms with van der Waals surface area (Å²) in [7, 11) is 0. The Bertz CT molecular complexity index is 1010. The predicted octanol–water partition coefficient (Wildman–Crippen LogP) is 4.62. The van der Waals surface area contributed by atoms with Crippen molar-refractivity contribution < 1.29 is 9.53 Å².